The van der Waals surface area contributed by atoms with E-state index >= 15 is 0 Å². The van der Waals surface area contributed by atoms with Crippen molar-refractivity contribution in [2.45, 2.75) is 50.5 Å². The third kappa shape index (κ3) is 3.44. The maximum absolute atomic E-state index is 13.8. The molecule has 0 saturated carbocycles. The molecule has 1 aliphatic heterocycles. The van der Waals surface area contributed by atoms with Crippen LogP contribution in [0.4, 0.5) is 5.00 Å². The Labute approximate surface area is 185 Å². The molecule has 0 spiro atoms. The fourth-order valence-electron chi connectivity index (χ4n) is 4.32. The number of hydrogen-bond donors (Lipinski definition) is 2. The van der Waals surface area contributed by atoms with Gasteiger partial charge in [0.2, 0.25) is 0 Å². The molecule has 2 aliphatic rings. The number of anilines is 1. The molecule has 0 amide bonds. The number of carbonyl (C=O) groups excluding carboxylic acids is 2. The lowest BCUT2D eigenvalue weighted by molar-refractivity contribution is -0.125. The molecule has 1 aliphatic carbocycles. The van der Waals surface area contributed by atoms with E-state index in [4.69, 9.17) is 5.73 Å². The van der Waals surface area contributed by atoms with Gasteiger partial charge in [-0.3, -0.25) is 9.59 Å². The van der Waals surface area contributed by atoms with Crippen molar-refractivity contribution in [2.24, 2.45) is 22.0 Å². The topological polar surface area (TPSA) is 119 Å². The number of sulfonamides is 1. The van der Waals surface area contributed by atoms with Crippen LogP contribution < -0.4 is 11.1 Å². The molecule has 9 heteroatoms. The van der Waals surface area contributed by atoms with Gasteiger partial charge in [-0.25, -0.2) is 0 Å². The molecule has 2 atom stereocenters. The van der Waals surface area contributed by atoms with Crippen molar-refractivity contribution in [3.63, 3.8) is 0 Å². The Morgan fingerprint density at radius 1 is 1.26 bits per heavy atom. The summed E-state index contributed by atoms with van der Waals surface area (Å²) in [5.41, 5.74) is 6.36. The van der Waals surface area contributed by atoms with Crippen LogP contribution in [-0.2, 0) is 26.8 Å². The first-order valence-electron chi connectivity index (χ1n) is 10.2. The van der Waals surface area contributed by atoms with Crippen LogP contribution in [0.1, 0.15) is 55.1 Å². The Morgan fingerprint density at radius 3 is 2.65 bits per heavy atom. The van der Waals surface area contributed by atoms with Gasteiger partial charge in [-0.05, 0) is 42.2 Å². The summed E-state index contributed by atoms with van der Waals surface area (Å²) < 4.78 is 29.7. The van der Waals surface area contributed by atoms with Crippen LogP contribution in [0.2, 0.25) is 0 Å². The molecule has 1 aromatic carbocycles. The van der Waals surface area contributed by atoms with Crippen molar-refractivity contribution >= 4 is 43.8 Å². The number of thiophene rings is 1. The quantitative estimate of drug-likeness (QED) is 0.661. The van der Waals surface area contributed by atoms with Gasteiger partial charge in [0, 0.05) is 12.1 Å². The summed E-state index contributed by atoms with van der Waals surface area (Å²) in [6.45, 7) is 6.06. The Balaban J connectivity index is 1.84. The molecular weight excluding hydrogens is 434 g/mol. The van der Waals surface area contributed by atoms with E-state index in [9.17, 15) is 18.0 Å². The van der Waals surface area contributed by atoms with Crippen molar-refractivity contribution in [3.05, 3.63) is 46.3 Å². The zero-order chi connectivity index (χ0) is 22.6. The molecule has 164 valence electrons. The van der Waals surface area contributed by atoms with Crippen LogP contribution in [0.25, 0.3) is 0 Å². The van der Waals surface area contributed by atoms with Crippen LogP contribution in [0, 0.1) is 11.8 Å². The van der Waals surface area contributed by atoms with E-state index in [0.717, 1.165) is 6.42 Å². The SMILES string of the molecule is CC(C)CC[C@@]1(C)C(=O)C(C2=NS(=O)(=O)c3c(CN)csc3N2)C(=O)c2ccccc21. The average Bonchev–Trinajstić information content (AvgIpc) is 3.15. The lowest BCUT2D eigenvalue weighted by atomic mass is 9.63. The normalized spacial score (nSPS) is 24.4. The van der Waals surface area contributed by atoms with E-state index in [1.165, 1.54) is 11.3 Å². The van der Waals surface area contributed by atoms with E-state index in [0.29, 0.717) is 34.0 Å². The van der Waals surface area contributed by atoms with Gasteiger partial charge in [0.15, 0.2) is 11.6 Å². The van der Waals surface area contributed by atoms with Crippen LogP contribution >= 0.6 is 11.3 Å². The highest BCUT2D eigenvalue weighted by Crippen LogP contribution is 2.43. The number of fused-ring (bicyclic) bond motifs is 2. The third-order valence-electron chi connectivity index (χ3n) is 6.11. The number of carbonyl (C=O) groups is 2. The summed E-state index contributed by atoms with van der Waals surface area (Å²) in [6, 6.07) is 7.09. The number of hydrogen-bond acceptors (Lipinski definition) is 7. The number of amidine groups is 1. The van der Waals surface area contributed by atoms with Crippen LogP contribution in [0.3, 0.4) is 0 Å². The largest absolute Gasteiger partial charge is 0.333 e. The van der Waals surface area contributed by atoms with E-state index in [1.54, 1.807) is 17.5 Å². The zero-order valence-electron chi connectivity index (χ0n) is 17.6. The summed E-state index contributed by atoms with van der Waals surface area (Å²) >= 11 is 1.18. The van der Waals surface area contributed by atoms with Gasteiger partial charge in [0.25, 0.3) is 10.0 Å². The minimum Gasteiger partial charge on any atom is -0.333 e. The molecule has 2 heterocycles. The second-order valence-corrected chi connectivity index (χ2v) is 11.1. The highest BCUT2D eigenvalue weighted by atomic mass is 32.2. The van der Waals surface area contributed by atoms with Crippen molar-refractivity contribution < 1.29 is 18.0 Å². The number of Topliss-reactive ketones (excluding diaryl/α,β-unsaturated/α-hetero) is 2. The minimum atomic E-state index is -4.08. The molecule has 4 rings (SSSR count). The van der Waals surface area contributed by atoms with Crippen molar-refractivity contribution in [2.75, 3.05) is 5.32 Å². The molecule has 0 fully saturated rings. The standard InChI is InChI=1S/C22H25N3O4S2/c1-12(2)8-9-22(3)15-7-5-4-6-14(15)17(26)16(19(22)27)20-24-21-18(31(28,29)25-20)13(10-23)11-30-21/h4-7,11-12,16H,8-10,23H2,1-3H3,(H,24,25)/t16?,22-/m1/s1. The molecule has 7 nitrogen and oxygen atoms in total. The molecule has 1 unspecified atom stereocenters. The summed E-state index contributed by atoms with van der Waals surface area (Å²) in [4.78, 5) is 27.2. The Kier molecular flexibility index (Phi) is 5.39. The average molecular weight is 460 g/mol. The second kappa shape index (κ2) is 7.65. The lowest BCUT2D eigenvalue weighted by Gasteiger charge is -2.38. The summed E-state index contributed by atoms with van der Waals surface area (Å²) in [7, 11) is -4.08. The van der Waals surface area contributed by atoms with Gasteiger partial charge in [-0.2, -0.15) is 8.42 Å². The number of benzene rings is 1. The number of nitrogens with zero attached hydrogens (tertiary/aromatic N) is 1. The smallest absolute Gasteiger partial charge is 0.287 e. The fourth-order valence-corrected chi connectivity index (χ4v) is 6.99. The molecule has 2 aromatic rings. The van der Waals surface area contributed by atoms with Gasteiger partial charge in [-0.15, -0.1) is 15.7 Å². The summed E-state index contributed by atoms with van der Waals surface area (Å²) in [5.74, 6) is -1.79. The van der Waals surface area contributed by atoms with E-state index < -0.39 is 27.1 Å². The van der Waals surface area contributed by atoms with Crippen molar-refractivity contribution in [1.29, 1.82) is 0 Å². The van der Waals surface area contributed by atoms with Gasteiger partial charge in [-0.1, -0.05) is 38.1 Å². The highest BCUT2D eigenvalue weighted by molar-refractivity contribution is 7.90. The monoisotopic (exact) mass is 459 g/mol. The summed E-state index contributed by atoms with van der Waals surface area (Å²) in [5, 5.41) is 4.96. The van der Waals surface area contributed by atoms with E-state index in [1.807, 2.05) is 19.1 Å². The molecule has 31 heavy (non-hydrogen) atoms. The van der Waals surface area contributed by atoms with Crippen LogP contribution in [-0.4, -0.2) is 25.8 Å². The minimum absolute atomic E-state index is 0.0300. The molecule has 0 bridgehead atoms. The Morgan fingerprint density at radius 2 is 1.97 bits per heavy atom. The highest BCUT2D eigenvalue weighted by Gasteiger charge is 2.51. The predicted octanol–water partition coefficient (Wildman–Crippen LogP) is 3.50. The van der Waals surface area contributed by atoms with Crippen LogP contribution in [0.15, 0.2) is 38.9 Å². The molecule has 0 radical (unpaired) electrons. The first kappa shape index (κ1) is 21.9. The maximum atomic E-state index is 13.8. The van der Waals surface area contributed by atoms with Crippen molar-refractivity contribution in [3.8, 4) is 0 Å². The number of nitrogens with one attached hydrogen (secondary N) is 1. The number of rotatable bonds is 5. The van der Waals surface area contributed by atoms with Crippen LogP contribution in [0.5, 0.6) is 0 Å². The number of nitrogens with two attached hydrogens (primary N) is 1. The maximum Gasteiger partial charge on any atom is 0.287 e. The van der Waals surface area contributed by atoms with Gasteiger partial charge >= 0.3 is 0 Å². The first-order chi connectivity index (χ1) is 14.6. The fraction of sp³-hybridized carbons (Fsp3) is 0.409. The molecule has 0 saturated heterocycles. The molecule has 1 aromatic heterocycles. The zero-order valence-corrected chi connectivity index (χ0v) is 19.3. The molecule has 3 N–H and O–H groups in total. The molecular formula is C22H25N3O4S2. The Hall–Kier alpha value is -2.36. The van der Waals surface area contributed by atoms with Gasteiger partial charge in [0.05, 0.1) is 5.41 Å². The van der Waals surface area contributed by atoms with Gasteiger partial charge in [0.1, 0.15) is 21.7 Å². The third-order valence-corrected chi connectivity index (χ3v) is 8.60. The Bertz CT molecular complexity index is 1210. The predicted molar refractivity (Wildman–Crippen MR) is 121 cm³/mol. The van der Waals surface area contributed by atoms with E-state index in [-0.39, 0.29) is 23.1 Å². The van der Waals surface area contributed by atoms with Crippen molar-refractivity contribution in [1.82, 2.24) is 0 Å². The lowest BCUT2D eigenvalue weighted by Crippen LogP contribution is -2.51. The van der Waals surface area contributed by atoms with E-state index in [2.05, 4.69) is 23.6 Å². The summed E-state index contributed by atoms with van der Waals surface area (Å²) in [6.07, 6.45) is 1.36. The first-order valence-corrected chi connectivity index (χ1v) is 12.5. The second-order valence-electron chi connectivity index (χ2n) is 8.67. The van der Waals surface area contributed by atoms with Gasteiger partial charge < -0.3 is 11.1 Å². The number of ketones is 2.